The monoisotopic (exact) mass is 309 g/mol. The van der Waals surface area contributed by atoms with Gasteiger partial charge >= 0.3 is 0 Å². The second-order valence-corrected chi connectivity index (χ2v) is 5.64. The van der Waals surface area contributed by atoms with Gasteiger partial charge in [-0.25, -0.2) is 4.39 Å². The molecule has 6 heteroatoms. The second-order valence-electron chi connectivity index (χ2n) is 5.64. The Balaban J connectivity index is 2.39. The number of carbonyl (C=O) groups is 2. The summed E-state index contributed by atoms with van der Waals surface area (Å²) in [5.74, 6) is -1.04. The van der Waals surface area contributed by atoms with Gasteiger partial charge in [-0.05, 0) is 38.0 Å². The molecule has 1 atom stereocenters. The third-order valence-corrected chi connectivity index (χ3v) is 3.42. The maximum Gasteiger partial charge on any atom is 0.251 e. The summed E-state index contributed by atoms with van der Waals surface area (Å²) in [5.41, 5.74) is 5.73. The molecule has 0 saturated carbocycles. The first-order valence-electron chi connectivity index (χ1n) is 7.39. The number of hydrogen-bond donors (Lipinski definition) is 3. The Morgan fingerprint density at radius 3 is 2.50 bits per heavy atom. The van der Waals surface area contributed by atoms with Crippen LogP contribution in [0.3, 0.4) is 0 Å². The van der Waals surface area contributed by atoms with Crippen molar-refractivity contribution in [2.45, 2.75) is 39.2 Å². The predicted molar refractivity (Wildman–Crippen MR) is 84.0 cm³/mol. The molecule has 4 N–H and O–H groups in total. The standard InChI is InChI=1S/C16H24FN3O2/c1-4-7-16(3,18)15(22)20-9-8-19-14(21)12-6-5-11(2)13(17)10-12/h5-6,10H,4,7-9,18H2,1-3H3,(H,19,21)(H,20,22). The van der Waals surface area contributed by atoms with E-state index in [0.717, 1.165) is 6.42 Å². The number of nitrogens with two attached hydrogens (primary N) is 1. The van der Waals surface area contributed by atoms with Crippen molar-refractivity contribution in [3.63, 3.8) is 0 Å². The van der Waals surface area contributed by atoms with Gasteiger partial charge in [0.1, 0.15) is 5.82 Å². The second kappa shape index (κ2) is 7.89. The number of rotatable bonds is 7. The molecule has 0 fully saturated rings. The number of nitrogens with one attached hydrogen (secondary N) is 2. The summed E-state index contributed by atoms with van der Waals surface area (Å²) in [4.78, 5) is 23.7. The van der Waals surface area contributed by atoms with Gasteiger partial charge in [0, 0.05) is 18.7 Å². The van der Waals surface area contributed by atoms with E-state index in [2.05, 4.69) is 10.6 Å². The molecule has 2 amide bonds. The van der Waals surface area contributed by atoms with E-state index in [1.54, 1.807) is 26.0 Å². The molecule has 1 aromatic rings. The van der Waals surface area contributed by atoms with Crippen LogP contribution in [0.4, 0.5) is 4.39 Å². The first kappa shape index (κ1) is 18.1. The Kier molecular flexibility index (Phi) is 6.49. The van der Waals surface area contributed by atoms with Gasteiger partial charge in [0.05, 0.1) is 5.54 Å². The highest BCUT2D eigenvalue weighted by molar-refractivity contribution is 5.94. The molecule has 0 heterocycles. The number of carbonyl (C=O) groups excluding carboxylic acids is 2. The molecular weight excluding hydrogens is 285 g/mol. The van der Waals surface area contributed by atoms with Crippen molar-refractivity contribution in [2.24, 2.45) is 5.73 Å². The zero-order valence-electron chi connectivity index (χ0n) is 13.3. The molecule has 0 aliphatic rings. The maximum atomic E-state index is 13.4. The average Bonchev–Trinajstić information content (AvgIpc) is 2.45. The summed E-state index contributed by atoms with van der Waals surface area (Å²) in [5, 5.41) is 5.31. The molecule has 5 nitrogen and oxygen atoms in total. The van der Waals surface area contributed by atoms with Crippen LogP contribution in [0.25, 0.3) is 0 Å². The van der Waals surface area contributed by atoms with Crippen LogP contribution in [-0.2, 0) is 4.79 Å². The Morgan fingerprint density at radius 2 is 1.91 bits per heavy atom. The largest absolute Gasteiger partial charge is 0.353 e. The van der Waals surface area contributed by atoms with E-state index in [0.29, 0.717) is 12.0 Å². The van der Waals surface area contributed by atoms with Crippen LogP contribution in [-0.4, -0.2) is 30.4 Å². The molecule has 0 radical (unpaired) electrons. The Bertz CT molecular complexity index is 544. The predicted octanol–water partition coefficient (Wildman–Crippen LogP) is 1.50. The summed E-state index contributed by atoms with van der Waals surface area (Å²) < 4.78 is 13.4. The van der Waals surface area contributed by atoms with Crippen LogP contribution >= 0.6 is 0 Å². The molecule has 0 aliphatic heterocycles. The van der Waals surface area contributed by atoms with Crippen molar-refractivity contribution in [2.75, 3.05) is 13.1 Å². The minimum atomic E-state index is -0.904. The summed E-state index contributed by atoms with van der Waals surface area (Å²) in [6.45, 7) is 5.79. The van der Waals surface area contributed by atoms with Crippen LogP contribution in [0.2, 0.25) is 0 Å². The lowest BCUT2D eigenvalue weighted by Gasteiger charge is -2.22. The van der Waals surface area contributed by atoms with E-state index in [4.69, 9.17) is 5.73 Å². The SMILES string of the molecule is CCCC(C)(N)C(=O)NCCNC(=O)c1ccc(C)c(F)c1. The molecule has 0 bridgehead atoms. The van der Waals surface area contributed by atoms with E-state index < -0.39 is 11.4 Å². The fraction of sp³-hybridized carbons (Fsp3) is 0.500. The normalized spacial score (nSPS) is 13.3. The molecule has 0 aliphatic carbocycles. The lowest BCUT2D eigenvalue weighted by atomic mass is 9.97. The highest BCUT2D eigenvalue weighted by Gasteiger charge is 2.26. The quantitative estimate of drug-likeness (QED) is 0.667. The van der Waals surface area contributed by atoms with Gasteiger partial charge in [0.2, 0.25) is 5.91 Å². The Morgan fingerprint density at radius 1 is 1.27 bits per heavy atom. The van der Waals surface area contributed by atoms with Crippen molar-refractivity contribution in [3.05, 3.63) is 35.1 Å². The van der Waals surface area contributed by atoms with Crippen LogP contribution in [0.5, 0.6) is 0 Å². The Hall–Kier alpha value is -1.95. The topological polar surface area (TPSA) is 84.2 Å². The highest BCUT2D eigenvalue weighted by atomic mass is 19.1. The minimum Gasteiger partial charge on any atom is -0.353 e. The number of halogens is 1. The van der Waals surface area contributed by atoms with Gasteiger partial charge in [-0.15, -0.1) is 0 Å². The van der Waals surface area contributed by atoms with E-state index in [1.807, 2.05) is 6.92 Å². The van der Waals surface area contributed by atoms with Crippen molar-refractivity contribution in [1.82, 2.24) is 10.6 Å². The van der Waals surface area contributed by atoms with Crippen molar-refractivity contribution in [3.8, 4) is 0 Å². The van der Waals surface area contributed by atoms with Gasteiger partial charge in [0.15, 0.2) is 0 Å². The molecule has 122 valence electrons. The highest BCUT2D eigenvalue weighted by Crippen LogP contribution is 2.09. The van der Waals surface area contributed by atoms with Crippen molar-refractivity contribution >= 4 is 11.8 Å². The third kappa shape index (κ3) is 5.11. The molecule has 1 rings (SSSR count). The van der Waals surface area contributed by atoms with Crippen LogP contribution in [0.15, 0.2) is 18.2 Å². The van der Waals surface area contributed by atoms with Gasteiger partial charge in [-0.2, -0.15) is 0 Å². The molecule has 0 aromatic heterocycles. The van der Waals surface area contributed by atoms with Crippen LogP contribution < -0.4 is 16.4 Å². The summed E-state index contributed by atoms with van der Waals surface area (Å²) in [7, 11) is 0. The maximum absolute atomic E-state index is 13.4. The molecule has 1 aromatic carbocycles. The lowest BCUT2D eigenvalue weighted by Crippen LogP contribution is -2.52. The summed E-state index contributed by atoms with van der Waals surface area (Å²) >= 11 is 0. The summed E-state index contributed by atoms with van der Waals surface area (Å²) in [6, 6.07) is 4.31. The minimum absolute atomic E-state index is 0.245. The van der Waals surface area contributed by atoms with E-state index >= 15 is 0 Å². The van der Waals surface area contributed by atoms with E-state index in [1.165, 1.54) is 6.07 Å². The molecule has 22 heavy (non-hydrogen) atoms. The van der Waals surface area contributed by atoms with Crippen molar-refractivity contribution in [1.29, 1.82) is 0 Å². The van der Waals surface area contributed by atoms with Gasteiger partial charge < -0.3 is 16.4 Å². The smallest absolute Gasteiger partial charge is 0.251 e. The number of amides is 2. The fourth-order valence-corrected chi connectivity index (χ4v) is 2.02. The number of benzene rings is 1. The number of aryl methyl sites for hydroxylation is 1. The summed E-state index contributed by atoms with van der Waals surface area (Å²) in [6.07, 6.45) is 1.41. The lowest BCUT2D eigenvalue weighted by molar-refractivity contribution is -0.126. The third-order valence-electron chi connectivity index (χ3n) is 3.42. The van der Waals surface area contributed by atoms with Gasteiger partial charge in [-0.3, -0.25) is 9.59 Å². The van der Waals surface area contributed by atoms with E-state index in [9.17, 15) is 14.0 Å². The average molecular weight is 309 g/mol. The zero-order valence-corrected chi connectivity index (χ0v) is 13.3. The van der Waals surface area contributed by atoms with Gasteiger partial charge in [-0.1, -0.05) is 19.4 Å². The van der Waals surface area contributed by atoms with Crippen LogP contribution in [0.1, 0.15) is 42.6 Å². The van der Waals surface area contributed by atoms with Gasteiger partial charge in [0.25, 0.3) is 5.91 Å². The van der Waals surface area contributed by atoms with Crippen LogP contribution in [0, 0.1) is 12.7 Å². The first-order valence-corrected chi connectivity index (χ1v) is 7.39. The molecular formula is C16H24FN3O2. The molecule has 1 unspecified atom stereocenters. The first-order chi connectivity index (χ1) is 10.3. The van der Waals surface area contributed by atoms with Crippen molar-refractivity contribution < 1.29 is 14.0 Å². The molecule has 0 spiro atoms. The zero-order chi connectivity index (χ0) is 16.8. The number of hydrogen-bond acceptors (Lipinski definition) is 3. The van der Waals surface area contributed by atoms with E-state index in [-0.39, 0.29) is 30.5 Å². The molecule has 0 saturated heterocycles. The Labute approximate surface area is 130 Å². The fourth-order valence-electron chi connectivity index (χ4n) is 2.02.